The zero-order chi connectivity index (χ0) is 10.4. The van der Waals surface area contributed by atoms with E-state index in [0.29, 0.717) is 6.61 Å². The van der Waals surface area contributed by atoms with Crippen molar-refractivity contribution in [3.8, 4) is 0 Å². The molecule has 14 heavy (non-hydrogen) atoms. The van der Waals surface area contributed by atoms with Gasteiger partial charge in [-0.1, -0.05) is 0 Å². The van der Waals surface area contributed by atoms with Crippen molar-refractivity contribution in [3.63, 3.8) is 0 Å². The Bertz CT molecular complexity index is 299. The van der Waals surface area contributed by atoms with E-state index in [1.54, 1.807) is 6.92 Å². The predicted molar refractivity (Wildman–Crippen MR) is 56.6 cm³/mol. The van der Waals surface area contributed by atoms with Gasteiger partial charge in [0, 0.05) is 11.9 Å². The van der Waals surface area contributed by atoms with Crippen LogP contribution < -0.4 is 5.32 Å². The standard InChI is InChI=1S/C9H14N2O2S/c1-3-10-9-11-7(6-14-9)5-8(12)13-4-2/h6H,3-5H2,1-2H3,(H,10,11). The van der Waals surface area contributed by atoms with Crippen molar-refractivity contribution in [1.29, 1.82) is 0 Å². The van der Waals surface area contributed by atoms with Crippen LogP contribution in [0.1, 0.15) is 19.5 Å². The molecule has 0 fully saturated rings. The maximum atomic E-state index is 11.1. The molecule has 0 saturated carbocycles. The fourth-order valence-corrected chi connectivity index (χ4v) is 1.76. The Kier molecular flexibility index (Phi) is 4.39. The van der Waals surface area contributed by atoms with Crippen LogP contribution in [0.4, 0.5) is 5.13 Å². The molecule has 0 aliphatic heterocycles. The summed E-state index contributed by atoms with van der Waals surface area (Å²) >= 11 is 1.50. The van der Waals surface area contributed by atoms with Gasteiger partial charge in [0.2, 0.25) is 0 Å². The van der Waals surface area contributed by atoms with Crippen LogP contribution in [-0.4, -0.2) is 24.1 Å². The van der Waals surface area contributed by atoms with E-state index in [1.165, 1.54) is 11.3 Å². The number of nitrogens with one attached hydrogen (secondary N) is 1. The lowest BCUT2D eigenvalue weighted by Gasteiger charge is -1.98. The van der Waals surface area contributed by atoms with E-state index in [2.05, 4.69) is 10.3 Å². The molecule has 0 aliphatic carbocycles. The average molecular weight is 214 g/mol. The molecular formula is C9H14N2O2S. The summed E-state index contributed by atoms with van der Waals surface area (Å²) < 4.78 is 4.82. The summed E-state index contributed by atoms with van der Waals surface area (Å²) in [7, 11) is 0. The zero-order valence-corrected chi connectivity index (χ0v) is 9.19. The average Bonchev–Trinajstić information content (AvgIpc) is 2.53. The lowest BCUT2D eigenvalue weighted by atomic mass is 10.3. The molecule has 1 aromatic heterocycles. The first-order chi connectivity index (χ1) is 6.76. The van der Waals surface area contributed by atoms with E-state index in [4.69, 9.17) is 4.74 Å². The van der Waals surface area contributed by atoms with Gasteiger partial charge in [-0.05, 0) is 13.8 Å². The van der Waals surface area contributed by atoms with Gasteiger partial charge in [-0.25, -0.2) is 4.98 Å². The van der Waals surface area contributed by atoms with Gasteiger partial charge in [0.25, 0.3) is 0 Å². The van der Waals surface area contributed by atoms with Crippen LogP contribution in [0.3, 0.4) is 0 Å². The van der Waals surface area contributed by atoms with Crippen molar-refractivity contribution in [2.45, 2.75) is 20.3 Å². The summed E-state index contributed by atoms with van der Waals surface area (Å²) in [5, 5.41) is 5.81. The van der Waals surface area contributed by atoms with Gasteiger partial charge in [-0.15, -0.1) is 11.3 Å². The Morgan fingerprint density at radius 1 is 1.64 bits per heavy atom. The molecule has 4 nitrogen and oxygen atoms in total. The summed E-state index contributed by atoms with van der Waals surface area (Å²) in [6.45, 7) is 5.06. The molecule has 0 amide bonds. The molecule has 0 aromatic carbocycles. The lowest BCUT2D eigenvalue weighted by Crippen LogP contribution is -2.07. The number of aromatic nitrogens is 1. The lowest BCUT2D eigenvalue weighted by molar-refractivity contribution is -0.142. The maximum Gasteiger partial charge on any atom is 0.311 e. The minimum atomic E-state index is -0.221. The number of carbonyl (C=O) groups excluding carboxylic acids is 1. The van der Waals surface area contributed by atoms with E-state index in [-0.39, 0.29) is 12.4 Å². The molecule has 0 atom stereocenters. The van der Waals surface area contributed by atoms with Crippen molar-refractivity contribution in [2.24, 2.45) is 0 Å². The smallest absolute Gasteiger partial charge is 0.311 e. The highest BCUT2D eigenvalue weighted by Crippen LogP contribution is 2.15. The van der Waals surface area contributed by atoms with Crippen LogP contribution in [-0.2, 0) is 16.0 Å². The largest absolute Gasteiger partial charge is 0.466 e. The minimum Gasteiger partial charge on any atom is -0.466 e. The number of nitrogens with zero attached hydrogens (tertiary/aromatic N) is 1. The number of thiazole rings is 1. The van der Waals surface area contributed by atoms with Gasteiger partial charge in [0.15, 0.2) is 5.13 Å². The molecule has 0 unspecified atom stereocenters. The second kappa shape index (κ2) is 5.59. The third-order valence-corrected chi connectivity index (χ3v) is 2.36. The number of carbonyl (C=O) groups is 1. The van der Waals surface area contributed by atoms with Gasteiger partial charge < -0.3 is 10.1 Å². The molecule has 78 valence electrons. The van der Waals surface area contributed by atoms with Crippen molar-refractivity contribution < 1.29 is 9.53 Å². The topological polar surface area (TPSA) is 51.2 Å². The molecule has 1 heterocycles. The molecule has 0 saturated heterocycles. The molecule has 5 heteroatoms. The molecule has 1 N–H and O–H groups in total. The zero-order valence-electron chi connectivity index (χ0n) is 8.37. The Hall–Kier alpha value is -1.10. The minimum absolute atomic E-state index is 0.221. The second-order valence-electron chi connectivity index (χ2n) is 2.66. The highest BCUT2D eigenvalue weighted by Gasteiger charge is 2.07. The third kappa shape index (κ3) is 3.33. The monoisotopic (exact) mass is 214 g/mol. The predicted octanol–water partition coefficient (Wildman–Crippen LogP) is 1.68. The second-order valence-corrected chi connectivity index (χ2v) is 3.51. The van der Waals surface area contributed by atoms with Gasteiger partial charge in [-0.3, -0.25) is 4.79 Å². The van der Waals surface area contributed by atoms with Gasteiger partial charge in [-0.2, -0.15) is 0 Å². The van der Waals surface area contributed by atoms with Crippen molar-refractivity contribution in [3.05, 3.63) is 11.1 Å². The molecule has 0 aliphatic rings. The summed E-state index contributed by atoms with van der Waals surface area (Å²) in [6, 6.07) is 0. The highest BCUT2D eigenvalue weighted by atomic mass is 32.1. The van der Waals surface area contributed by atoms with Crippen molar-refractivity contribution in [2.75, 3.05) is 18.5 Å². The van der Waals surface area contributed by atoms with Crippen LogP contribution in [0.25, 0.3) is 0 Å². The summed E-state index contributed by atoms with van der Waals surface area (Å²) in [6.07, 6.45) is 0.260. The maximum absolute atomic E-state index is 11.1. The third-order valence-electron chi connectivity index (χ3n) is 1.51. The van der Waals surface area contributed by atoms with E-state index in [0.717, 1.165) is 17.4 Å². The van der Waals surface area contributed by atoms with E-state index < -0.39 is 0 Å². The molecule has 1 aromatic rings. The fourth-order valence-electron chi connectivity index (χ4n) is 0.980. The highest BCUT2D eigenvalue weighted by molar-refractivity contribution is 7.13. The van der Waals surface area contributed by atoms with E-state index >= 15 is 0 Å². The van der Waals surface area contributed by atoms with Crippen molar-refractivity contribution >= 4 is 22.4 Å². The summed E-state index contributed by atoms with van der Waals surface area (Å²) in [5.74, 6) is -0.221. The van der Waals surface area contributed by atoms with Crippen LogP contribution in [0.2, 0.25) is 0 Å². The first-order valence-electron chi connectivity index (χ1n) is 4.60. The first kappa shape index (κ1) is 11.0. The van der Waals surface area contributed by atoms with Crippen LogP contribution >= 0.6 is 11.3 Å². The van der Waals surface area contributed by atoms with E-state index in [9.17, 15) is 4.79 Å². The number of hydrogen-bond donors (Lipinski definition) is 1. The summed E-state index contributed by atoms with van der Waals surface area (Å²) in [5.41, 5.74) is 0.768. The molecule has 1 rings (SSSR count). The number of rotatable bonds is 5. The van der Waals surface area contributed by atoms with Gasteiger partial charge in [0.1, 0.15) is 0 Å². The number of hydrogen-bond acceptors (Lipinski definition) is 5. The Morgan fingerprint density at radius 2 is 2.43 bits per heavy atom. The molecular weight excluding hydrogens is 200 g/mol. The molecule has 0 bridgehead atoms. The fraction of sp³-hybridized carbons (Fsp3) is 0.556. The number of esters is 1. The molecule has 0 spiro atoms. The molecule has 0 radical (unpaired) electrons. The summed E-state index contributed by atoms with van der Waals surface area (Å²) in [4.78, 5) is 15.3. The van der Waals surface area contributed by atoms with Crippen LogP contribution in [0.15, 0.2) is 5.38 Å². The Balaban J connectivity index is 2.46. The Morgan fingerprint density at radius 3 is 3.07 bits per heavy atom. The first-order valence-corrected chi connectivity index (χ1v) is 5.48. The van der Waals surface area contributed by atoms with Crippen LogP contribution in [0.5, 0.6) is 0 Å². The normalized spacial score (nSPS) is 9.86. The number of ether oxygens (including phenoxy) is 1. The van der Waals surface area contributed by atoms with Gasteiger partial charge in [0.05, 0.1) is 18.7 Å². The SMILES string of the molecule is CCNc1nc(CC(=O)OCC)cs1. The number of anilines is 1. The van der Waals surface area contributed by atoms with E-state index in [1.807, 2.05) is 12.3 Å². The Labute approximate surface area is 87.3 Å². The van der Waals surface area contributed by atoms with Crippen molar-refractivity contribution in [1.82, 2.24) is 4.98 Å². The quantitative estimate of drug-likeness (QED) is 0.758. The van der Waals surface area contributed by atoms with Crippen LogP contribution in [0, 0.1) is 0 Å². The van der Waals surface area contributed by atoms with Gasteiger partial charge >= 0.3 is 5.97 Å².